The van der Waals surface area contributed by atoms with Crippen molar-refractivity contribution in [1.29, 1.82) is 0 Å². The van der Waals surface area contributed by atoms with Gasteiger partial charge in [-0.25, -0.2) is 4.98 Å². The van der Waals surface area contributed by atoms with E-state index in [0.29, 0.717) is 5.95 Å². The van der Waals surface area contributed by atoms with Crippen LogP contribution in [0.1, 0.15) is 25.8 Å². The number of anilines is 2. The van der Waals surface area contributed by atoms with E-state index in [1.54, 1.807) is 6.20 Å². The van der Waals surface area contributed by atoms with Gasteiger partial charge in [-0.2, -0.15) is 4.98 Å². The van der Waals surface area contributed by atoms with Gasteiger partial charge in [-0.15, -0.1) is 0 Å². The Hall–Kier alpha value is -1.32. The smallest absolute Gasteiger partial charge is 0.221 e. The number of hydrogen-bond acceptors (Lipinski definition) is 4. The van der Waals surface area contributed by atoms with E-state index in [4.69, 9.17) is 5.73 Å². The second-order valence-electron chi connectivity index (χ2n) is 4.97. The van der Waals surface area contributed by atoms with Crippen molar-refractivity contribution >= 4 is 11.8 Å². The summed E-state index contributed by atoms with van der Waals surface area (Å²) in [7, 11) is 0. The fraction of sp³-hybridized carbons (Fsp3) is 0.667. The first kappa shape index (κ1) is 11.2. The van der Waals surface area contributed by atoms with Crippen molar-refractivity contribution in [3.63, 3.8) is 0 Å². The lowest BCUT2D eigenvalue weighted by atomic mass is 9.95. The fourth-order valence-corrected chi connectivity index (χ4v) is 2.29. The molecule has 1 aromatic heterocycles. The summed E-state index contributed by atoms with van der Waals surface area (Å²) >= 11 is 0. The van der Waals surface area contributed by atoms with Crippen LogP contribution in [0, 0.1) is 18.8 Å². The summed E-state index contributed by atoms with van der Waals surface area (Å²) in [6.45, 7) is 8.79. The minimum absolute atomic E-state index is 0.369. The van der Waals surface area contributed by atoms with Crippen LogP contribution in [0.2, 0.25) is 0 Å². The highest BCUT2D eigenvalue weighted by Gasteiger charge is 2.26. The summed E-state index contributed by atoms with van der Waals surface area (Å²) in [6.07, 6.45) is 3.06. The normalized spacial score (nSPS) is 20.8. The molecule has 1 aromatic rings. The molecule has 1 saturated heterocycles. The van der Waals surface area contributed by atoms with Crippen molar-refractivity contribution in [2.24, 2.45) is 11.8 Å². The molecule has 0 saturated carbocycles. The monoisotopic (exact) mass is 220 g/mol. The minimum Gasteiger partial charge on any atom is -0.368 e. The quantitative estimate of drug-likeness (QED) is 0.826. The topological polar surface area (TPSA) is 55.0 Å². The zero-order valence-corrected chi connectivity index (χ0v) is 10.3. The summed E-state index contributed by atoms with van der Waals surface area (Å²) < 4.78 is 0. The van der Waals surface area contributed by atoms with Crippen LogP contribution in [-0.2, 0) is 0 Å². The van der Waals surface area contributed by atoms with Crippen LogP contribution >= 0.6 is 0 Å². The molecule has 1 unspecified atom stereocenters. The molecule has 0 spiro atoms. The highest BCUT2D eigenvalue weighted by molar-refractivity contribution is 5.48. The number of rotatable bonds is 2. The molecule has 1 fully saturated rings. The summed E-state index contributed by atoms with van der Waals surface area (Å²) in [5.41, 5.74) is 6.75. The van der Waals surface area contributed by atoms with Gasteiger partial charge < -0.3 is 10.6 Å². The molecule has 4 nitrogen and oxygen atoms in total. The molecule has 0 bridgehead atoms. The zero-order valence-electron chi connectivity index (χ0n) is 10.3. The molecule has 0 aliphatic carbocycles. The van der Waals surface area contributed by atoms with E-state index in [0.717, 1.165) is 36.3 Å². The molecule has 1 aliphatic rings. The Morgan fingerprint density at radius 1 is 1.50 bits per heavy atom. The molecule has 0 aromatic carbocycles. The van der Waals surface area contributed by atoms with Gasteiger partial charge in [-0.05, 0) is 25.2 Å². The fourth-order valence-electron chi connectivity index (χ4n) is 2.29. The molecule has 2 N–H and O–H groups in total. The van der Waals surface area contributed by atoms with Crippen LogP contribution in [-0.4, -0.2) is 23.1 Å². The van der Waals surface area contributed by atoms with Gasteiger partial charge in [0.15, 0.2) is 0 Å². The molecular weight excluding hydrogens is 200 g/mol. The minimum atomic E-state index is 0.369. The molecule has 2 rings (SSSR count). The first-order valence-electron chi connectivity index (χ1n) is 5.92. The molecule has 0 amide bonds. The van der Waals surface area contributed by atoms with Crippen LogP contribution in [0.4, 0.5) is 11.8 Å². The van der Waals surface area contributed by atoms with Gasteiger partial charge in [0.2, 0.25) is 5.95 Å². The van der Waals surface area contributed by atoms with Crippen LogP contribution < -0.4 is 10.6 Å². The average molecular weight is 220 g/mol. The third kappa shape index (κ3) is 2.10. The van der Waals surface area contributed by atoms with Crippen molar-refractivity contribution in [3.05, 3.63) is 11.8 Å². The Morgan fingerprint density at radius 2 is 2.25 bits per heavy atom. The number of aryl methyl sites for hydroxylation is 1. The lowest BCUT2D eigenvalue weighted by Crippen LogP contribution is -2.23. The Morgan fingerprint density at radius 3 is 2.88 bits per heavy atom. The highest BCUT2D eigenvalue weighted by Crippen LogP contribution is 2.28. The van der Waals surface area contributed by atoms with Gasteiger partial charge >= 0.3 is 0 Å². The summed E-state index contributed by atoms with van der Waals surface area (Å²) in [4.78, 5) is 10.7. The van der Waals surface area contributed by atoms with Gasteiger partial charge in [0, 0.05) is 24.8 Å². The van der Waals surface area contributed by atoms with Crippen LogP contribution in [0.5, 0.6) is 0 Å². The average Bonchev–Trinajstić information content (AvgIpc) is 2.70. The molecule has 1 aliphatic heterocycles. The van der Waals surface area contributed by atoms with Crippen LogP contribution in [0.15, 0.2) is 6.20 Å². The van der Waals surface area contributed by atoms with E-state index in [-0.39, 0.29) is 0 Å². The molecule has 1 atom stereocenters. The van der Waals surface area contributed by atoms with Crippen molar-refractivity contribution in [2.75, 3.05) is 23.7 Å². The molecule has 16 heavy (non-hydrogen) atoms. The third-order valence-corrected chi connectivity index (χ3v) is 3.43. The van der Waals surface area contributed by atoms with E-state index in [1.165, 1.54) is 6.42 Å². The van der Waals surface area contributed by atoms with E-state index in [1.807, 2.05) is 6.92 Å². The molecule has 88 valence electrons. The third-order valence-electron chi connectivity index (χ3n) is 3.43. The largest absolute Gasteiger partial charge is 0.368 e. The van der Waals surface area contributed by atoms with Crippen LogP contribution in [0.25, 0.3) is 0 Å². The second-order valence-corrected chi connectivity index (χ2v) is 4.97. The van der Waals surface area contributed by atoms with Gasteiger partial charge in [0.05, 0.1) is 0 Å². The van der Waals surface area contributed by atoms with Gasteiger partial charge in [-0.1, -0.05) is 13.8 Å². The Kier molecular flexibility index (Phi) is 2.99. The Balaban J connectivity index is 2.17. The van der Waals surface area contributed by atoms with E-state index < -0.39 is 0 Å². The maximum absolute atomic E-state index is 5.64. The predicted octanol–water partition coefficient (Wildman–Crippen LogP) is 1.85. The standard InChI is InChI=1S/C12H20N4/c1-8(2)10-4-5-16(7-10)11-9(3)6-14-12(13)15-11/h6,8,10H,4-5,7H2,1-3H3,(H2,13,14,15). The van der Waals surface area contributed by atoms with E-state index >= 15 is 0 Å². The van der Waals surface area contributed by atoms with Crippen molar-refractivity contribution in [2.45, 2.75) is 27.2 Å². The van der Waals surface area contributed by atoms with Crippen molar-refractivity contribution < 1.29 is 0 Å². The maximum atomic E-state index is 5.64. The Labute approximate surface area is 96.9 Å². The van der Waals surface area contributed by atoms with Crippen LogP contribution in [0.3, 0.4) is 0 Å². The predicted molar refractivity (Wildman–Crippen MR) is 66.3 cm³/mol. The first-order chi connectivity index (χ1) is 7.58. The number of nitrogens with zero attached hydrogens (tertiary/aromatic N) is 3. The first-order valence-corrected chi connectivity index (χ1v) is 5.92. The number of nitrogen functional groups attached to an aromatic ring is 1. The summed E-state index contributed by atoms with van der Waals surface area (Å²) in [5, 5.41) is 0. The lowest BCUT2D eigenvalue weighted by Gasteiger charge is -2.20. The maximum Gasteiger partial charge on any atom is 0.221 e. The summed E-state index contributed by atoms with van der Waals surface area (Å²) in [6, 6.07) is 0. The zero-order chi connectivity index (χ0) is 11.7. The highest BCUT2D eigenvalue weighted by atomic mass is 15.2. The van der Waals surface area contributed by atoms with Crippen molar-refractivity contribution in [3.8, 4) is 0 Å². The number of nitrogens with two attached hydrogens (primary N) is 1. The Bertz CT molecular complexity index is 375. The second kappa shape index (κ2) is 4.28. The number of aromatic nitrogens is 2. The van der Waals surface area contributed by atoms with E-state index in [2.05, 4.69) is 28.7 Å². The lowest BCUT2D eigenvalue weighted by molar-refractivity contribution is 0.422. The summed E-state index contributed by atoms with van der Waals surface area (Å²) in [5.74, 6) is 2.89. The number of hydrogen-bond donors (Lipinski definition) is 1. The van der Waals surface area contributed by atoms with Crippen molar-refractivity contribution in [1.82, 2.24) is 9.97 Å². The molecule has 2 heterocycles. The van der Waals surface area contributed by atoms with E-state index in [9.17, 15) is 0 Å². The SMILES string of the molecule is Cc1cnc(N)nc1N1CCC(C(C)C)C1. The molecule has 0 radical (unpaired) electrons. The van der Waals surface area contributed by atoms with Gasteiger partial charge in [-0.3, -0.25) is 0 Å². The van der Waals surface area contributed by atoms with Gasteiger partial charge in [0.25, 0.3) is 0 Å². The molecule has 4 heteroatoms. The van der Waals surface area contributed by atoms with Gasteiger partial charge in [0.1, 0.15) is 5.82 Å². The molecular formula is C12H20N4.